The number of unbranched alkanes of at least 4 members (excludes halogenated alkanes) is 1. The van der Waals surface area contributed by atoms with Crippen molar-refractivity contribution in [1.82, 2.24) is 15.3 Å². The lowest BCUT2D eigenvalue weighted by Gasteiger charge is -2.23. The zero-order valence-corrected chi connectivity index (χ0v) is 16.4. The molecule has 0 spiro atoms. The SMILES string of the molecule is CCCCOc1nc(N)c(NC)c(N(C=O)CCN[C@@H](C(=O)O)C(C)C)n1. The van der Waals surface area contributed by atoms with Crippen LogP contribution in [0.15, 0.2) is 0 Å². The van der Waals surface area contributed by atoms with Crippen molar-refractivity contribution in [3.63, 3.8) is 0 Å². The van der Waals surface area contributed by atoms with Crippen LogP contribution in [0.3, 0.4) is 0 Å². The second-order valence-electron chi connectivity index (χ2n) is 6.35. The second-order valence-corrected chi connectivity index (χ2v) is 6.35. The van der Waals surface area contributed by atoms with Crippen molar-refractivity contribution in [3.8, 4) is 6.01 Å². The van der Waals surface area contributed by atoms with E-state index >= 15 is 0 Å². The van der Waals surface area contributed by atoms with Crippen molar-refractivity contribution in [2.24, 2.45) is 5.92 Å². The van der Waals surface area contributed by atoms with Crippen molar-refractivity contribution in [2.75, 3.05) is 42.7 Å². The number of amides is 1. The molecule has 0 bridgehead atoms. The zero-order valence-electron chi connectivity index (χ0n) is 16.4. The summed E-state index contributed by atoms with van der Waals surface area (Å²) < 4.78 is 5.50. The van der Waals surface area contributed by atoms with Crippen LogP contribution >= 0.6 is 0 Å². The van der Waals surface area contributed by atoms with E-state index in [4.69, 9.17) is 10.5 Å². The maximum Gasteiger partial charge on any atom is 0.320 e. The van der Waals surface area contributed by atoms with E-state index in [-0.39, 0.29) is 36.7 Å². The molecule has 152 valence electrons. The van der Waals surface area contributed by atoms with E-state index in [1.54, 1.807) is 7.05 Å². The Labute approximate surface area is 159 Å². The number of nitrogens with two attached hydrogens (primary N) is 1. The van der Waals surface area contributed by atoms with Crippen LogP contribution in [-0.2, 0) is 9.59 Å². The predicted octanol–water partition coefficient (Wildman–Crippen LogP) is 0.941. The number of nitrogen functional groups attached to an aromatic ring is 1. The summed E-state index contributed by atoms with van der Waals surface area (Å²) in [6, 6.07) is -0.606. The molecule has 1 atom stereocenters. The summed E-state index contributed by atoms with van der Waals surface area (Å²) in [5, 5.41) is 15.1. The van der Waals surface area contributed by atoms with Gasteiger partial charge in [0.25, 0.3) is 0 Å². The molecule has 5 N–H and O–H groups in total. The lowest BCUT2D eigenvalue weighted by Crippen LogP contribution is -2.44. The zero-order chi connectivity index (χ0) is 20.4. The molecule has 0 aliphatic carbocycles. The number of nitrogens with one attached hydrogen (secondary N) is 2. The van der Waals surface area contributed by atoms with E-state index in [0.717, 1.165) is 12.8 Å². The van der Waals surface area contributed by atoms with Crippen molar-refractivity contribution >= 4 is 29.7 Å². The first-order valence-electron chi connectivity index (χ1n) is 9.01. The van der Waals surface area contributed by atoms with Gasteiger partial charge in [-0.25, -0.2) is 0 Å². The van der Waals surface area contributed by atoms with Crippen LogP contribution in [0.1, 0.15) is 33.6 Å². The van der Waals surface area contributed by atoms with Crippen molar-refractivity contribution in [2.45, 2.75) is 39.7 Å². The maximum absolute atomic E-state index is 11.6. The van der Waals surface area contributed by atoms with E-state index in [0.29, 0.717) is 18.7 Å². The van der Waals surface area contributed by atoms with E-state index in [9.17, 15) is 14.7 Å². The number of aliphatic carboxylic acids is 1. The van der Waals surface area contributed by atoms with Crippen LogP contribution in [0.4, 0.5) is 17.3 Å². The highest BCUT2D eigenvalue weighted by Gasteiger charge is 2.22. The molecule has 1 aromatic rings. The quantitative estimate of drug-likeness (QED) is 0.289. The topological polar surface area (TPSA) is 143 Å². The summed E-state index contributed by atoms with van der Waals surface area (Å²) in [4.78, 5) is 32.6. The molecular weight excluding hydrogens is 352 g/mol. The average molecular weight is 382 g/mol. The number of carbonyl (C=O) groups excluding carboxylic acids is 1. The first kappa shape index (κ1) is 22.4. The van der Waals surface area contributed by atoms with E-state index < -0.39 is 12.0 Å². The molecule has 1 aromatic heterocycles. The summed E-state index contributed by atoms with van der Waals surface area (Å²) in [5.41, 5.74) is 6.36. The number of hydrogen-bond donors (Lipinski definition) is 4. The molecule has 0 aliphatic rings. The molecule has 1 rings (SSSR count). The Hall–Kier alpha value is -2.62. The fraction of sp³-hybridized carbons (Fsp3) is 0.647. The lowest BCUT2D eigenvalue weighted by atomic mass is 10.1. The molecule has 1 amide bonds. The highest BCUT2D eigenvalue weighted by Crippen LogP contribution is 2.29. The number of anilines is 3. The Bertz CT molecular complexity index is 626. The normalized spacial score (nSPS) is 11.9. The van der Waals surface area contributed by atoms with Crippen molar-refractivity contribution in [1.29, 1.82) is 0 Å². The first-order chi connectivity index (χ1) is 12.8. The van der Waals surface area contributed by atoms with Gasteiger partial charge in [0.05, 0.1) is 6.61 Å². The van der Waals surface area contributed by atoms with Crippen LogP contribution in [0.5, 0.6) is 6.01 Å². The molecule has 0 fully saturated rings. The van der Waals surface area contributed by atoms with Gasteiger partial charge in [-0.3, -0.25) is 14.5 Å². The summed E-state index contributed by atoms with van der Waals surface area (Å²) >= 11 is 0. The van der Waals surface area contributed by atoms with Gasteiger partial charge < -0.3 is 26.2 Å². The Morgan fingerprint density at radius 1 is 1.41 bits per heavy atom. The van der Waals surface area contributed by atoms with Gasteiger partial charge in [-0.15, -0.1) is 0 Å². The van der Waals surface area contributed by atoms with Gasteiger partial charge >= 0.3 is 12.0 Å². The van der Waals surface area contributed by atoms with Gasteiger partial charge in [0.1, 0.15) is 11.7 Å². The Balaban J connectivity index is 2.94. The third-order valence-electron chi connectivity index (χ3n) is 3.93. The summed E-state index contributed by atoms with van der Waals surface area (Å²) in [6.07, 6.45) is 2.43. The fourth-order valence-electron chi connectivity index (χ4n) is 2.42. The lowest BCUT2D eigenvalue weighted by molar-refractivity contribution is -0.140. The Morgan fingerprint density at radius 3 is 2.63 bits per heavy atom. The minimum absolute atomic E-state index is 0.0895. The highest BCUT2D eigenvalue weighted by molar-refractivity contribution is 5.85. The molecule has 1 heterocycles. The molecule has 10 nitrogen and oxygen atoms in total. The molecule has 0 aromatic carbocycles. The third kappa shape index (κ3) is 6.55. The van der Waals surface area contributed by atoms with Gasteiger partial charge in [0, 0.05) is 20.1 Å². The number of carbonyl (C=O) groups is 2. The number of carboxylic acids is 1. The van der Waals surface area contributed by atoms with Gasteiger partial charge in [-0.05, 0) is 12.3 Å². The van der Waals surface area contributed by atoms with Crippen molar-refractivity contribution in [3.05, 3.63) is 0 Å². The average Bonchev–Trinajstić information content (AvgIpc) is 2.61. The number of hydrogen-bond acceptors (Lipinski definition) is 8. The standard InChI is InChI=1S/C17H30N6O4/c1-5-6-9-27-17-21-14(18)13(19-4)15(22-17)23(10-24)8-7-20-12(11(2)3)16(25)26/h10-12,19-20H,5-9H2,1-4H3,(H,25,26)(H2,18,21,22)/t12-/m1/s1. The Kier molecular flexibility index (Phi) is 9.27. The van der Waals surface area contributed by atoms with Gasteiger partial charge in [-0.1, -0.05) is 27.2 Å². The van der Waals surface area contributed by atoms with Crippen LogP contribution in [0.25, 0.3) is 0 Å². The number of nitrogens with zero attached hydrogens (tertiary/aromatic N) is 3. The largest absolute Gasteiger partial charge is 0.480 e. The molecule has 0 unspecified atom stereocenters. The van der Waals surface area contributed by atoms with Crippen LogP contribution < -0.4 is 26.0 Å². The number of carboxylic acid groups (broad SMARTS) is 1. The number of rotatable bonds is 13. The smallest absolute Gasteiger partial charge is 0.320 e. The molecular formula is C17H30N6O4. The van der Waals surface area contributed by atoms with E-state index in [1.165, 1.54) is 4.90 Å². The highest BCUT2D eigenvalue weighted by atomic mass is 16.5. The monoisotopic (exact) mass is 382 g/mol. The summed E-state index contributed by atoms with van der Waals surface area (Å²) in [7, 11) is 1.65. The van der Waals surface area contributed by atoms with Gasteiger partial charge in [0.2, 0.25) is 6.41 Å². The molecule has 0 saturated carbocycles. The molecule has 10 heteroatoms. The molecule has 27 heavy (non-hydrogen) atoms. The second kappa shape index (κ2) is 11.2. The first-order valence-corrected chi connectivity index (χ1v) is 9.01. The Morgan fingerprint density at radius 2 is 2.11 bits per heavy atom. The molecule has 0 saturated heterocycles. The maximum atomic E-state index is 11.6. The minimum Gasteiger partial charge on any atom is -0.480 e. The van der Waals surface area contributed by atoms with E-state index in [1.807, 2.05) is 20.8 Å². The van der Waals surface area contributed by atoms with Crippen molar-refractivity contribution < 1.29 is 19.4 Å². The number of ether oxygens (including phenoxy) is 1. The summed E-state index contributed by atoms with van der Waals surface area (Å²) in [5.74, 6) is -0.575. The van der Waals surface area contributed by atoms with Crippen LogP contribution in [0.2, 0.25) is 0 Å². The third-order valence-corrected chi connectivity index (χ3v) is 3.93. The van der Waals surface area contributed by atoms with Crippen LogP contribution in [0, 0.1) is 5.92 Å². The predicted molar refractivity (Wildman–Crippen MR) is 104 cm³/mol. The van der Waals surface area contributed by atoms with Gasteiger partial charge in [0.15, 0.2) is 11.6 Å². The molecule has 0 aliphatic heterocycles. The molecule has 0 radical (unpaired) electrons. The van der Waals surface area contributed by atoms with Crippen LogP contribution in [-0.4, -0.2) is 60.2 Å². The van der Waals surface area contributed by atoms with E-state index in [2.05, 4.69) is 20.6 Å². The fourth-order valence-corrected chi connectivity index (χ4v) is 2.42. The number of aromatic nitrogens is 2. The summed E-state index contributed by atoms with van der Waals surface area (Å²) in [6.45, 7) is 6.59. The van der Waals surface area contributed by atoms with Gasteiger partial charge in [-0.2, -0.15) is 9.97 Å². The minimum atomic E-state index is -0.934.